The molecule has 3 rings (SSSR count). The zero-order valence-electron chi connectivity index (χ0n) is 18.2. The van der Waals surface area contributed by atoms with Crippen molar-refractivity contribution in [2.24, 2.45) is 5.92 Å². The fourth-order valence-electron chi connectivity index (χ4n) is 3.70. The van der Waals surface area contributed by atoms with Gasteiger partial charge in [-0.15, -0.1) is 0 Å². The maximum absolute atomic E-state index is 13.0. The molecule has 1 aliphatic rings. The number of benzene rings is 1. The largest absolute Gasteiger partial charge is 0.433 e. The number of aromatic nitrogens is 1. The molecule has 1 aromatic heterocycles. The molecule has 0 radical (unpaired) electrons. The maximum Gasteiger partial charge on any atom is 0.433 e. The quantitative estimate of drug-likeness (QED) is 0.553. The van der Waals surface area contributed by atoms with Gasteiger partial charge in [0.25, 0.3) is 0 Å². The van der Waals surface area contributed by atoms with Gasteiger partial charge in [0.15, 0.2) is 0 Å². The number of halogens is 6. The predicted molar refractivity (Wildman–Crippen MR) is 112 cm³/mol. The summed E-state index contributed by atoms with van der Waals surface area (Å²) in [6.07, 6.45) is -7.75. The van der Waals surface area contributed by atoms with Crippen LogP contribution in [0.25, 0.3) is 0 Å². The summed E-state index contributed by atoms with van der Waals surface area (Å²) in [6, 6.07) is 4.97. The number of carbonyl (C=O) groups excluding carboxylic acids is 2. The third-order valence-electron chi connectivity index (χ3n) is 5.19. The third-order valence-corrected chi connectivity index (χ3v) is 5.19. The number of hydrogen-bond acceptors (Lipinski definition) is 3. The number of urea groups is 1. The van der Waals surface area contributed by atoms with E-state index in [0.29, 0.717) is 6.42 Å². The Labute approximate surface area is 191 Å². The van der Waals surface area contributed by atoms with Gasteiger partial charge in [-0.25, -0.2) is 9.78 Å². The van der Waals surface area contributed by atoms with Gasteiger partial charge in [0.05, 0.1) is 23.5 Å². The summed E-state index contributed by atoms with van der Waals surface area (Å²) < 4.78 is 77.1. The number of hydrogen-bond donors (Lipinski definition) is 1. The maximum atomic E-state index is 13.0. The Hall–Kier alpha value is -3.31. The molecule has 0 aliphatic carbocycles. The normalized spacial score (nSPS) is 17.0. The highest BCUT2D eigenvalue weighted by Gasteiger charge is 2.40. The Kier molecular flexibility index (Phi) is 7.08. The second-order valence-corrected chi connectivity index (χ2v) is 8.33. The monoisotopic (exact) mass is 488 g/mol. The van der Waals surface area contributed by atoms with Crippen molar-refractivity contribution in [3.05, 3.63) is 53.9 Å². The summed E-state index contributed by atoms with van der Waals surface area (Å²) in [5.41, 5.74) is -1.96. The SMILES string of the molecule is CC(C)CC1CN(c2ccc(C(F)(F)F)nc2)C(=O)N1CC(=O)Nc1cccc(C(F)(F)F)c1. The molecule has 1 unspecified atom stereocenters. The highest BCUT2D eigenvalue weighted by Crippen LogP contribution is 2.32. The van der Waals surface area contributed by atoms with E-state index < -0.39 is 48.1 Å². The number of nitrogens with one attached hydrogen (secondary N) is 1. The average molecular weight is 488 g/mol. The second-order valence-electron chi connectivity index (χ2n) is 8.33. The fraction of sp³-hybridized carbons (Fsp3) is 0.409. The molecular weight excluding hydrogens is 466 g/mol. The van der Waals surface area contributed by atoms with Crippen molar-refractivity contribution in [2.75, 3.05) is 23.3 Å². The molecule has 34 heavy (non-hydrogen) atoms. The van der Waals surface area contributed by atoms with Gasteiger partial charge in [0.1, 0.15) is 12.2 Å². The van der Waals surface area contributed by atoms with Crippen molar-refractivity contribution in [3.8, 4) is 0 Å². The van der Waals surface area contributed by atoms with Crippen LogP contribution >= 0.6 is 0 Å². The van der Waals surface area contributed by atoms with Crippen LogP contribution in [0.5, 0.6) is 0 Å². The highest BCUT2D eigenvalue weighted by molar-refractivity contribution is 5.99. The van der Waals surface area contributed by atoms with Gasteiger partial charge in [-0.1, -0.05) is 19.9 Å². The molecule has 3 amide bonds. The molecule has 0 saturated carbocycles. The number of pyridine rings is 1. The van der Waals surface area contributed by atoms with Crippen molar-refractivity contribution >= 4 is 23.3 Å². The third kappa shape index (κ3) is 5.97. The van der Waals surface area contributed by atoms with Crippen LogP contribution in [-0.4, -0.2) is 41.0 Å². The van der Waals surface area contributed by atoms with Gasteiger partial charge in [-0.2, -0.15) is 26.3 Å². The van der Waals surface area contributed by atoms with Crippen LogP contribution in [-0.2, 0) is 17.1 Å². The highest BCUT2D eigenvalue weighted by atomic mass is 19.4. The lowest BCUT2D eigenvalue weighted by Gasteiger charge is -2.24. The van der Waals surface area contributed by atoms with Crippen molar-refractivity contribution in [1.82, 2.24) is 9.88 Å². The first kappa shape index (κ1) is 25.3. The topological polar surface area (TPSA) is 65.5 Å². The number of amides is 3. The Morgan fingerprint density at radius 3 is 2.38 bits per heavy atom. The van der Waals surface area contributed by atoms with E-state index in [2.05, 4.69) is 10.3 Å². The minimum Gasteiger partial charge on any atom is -0.325 e. The smallest absolute Gasteiger partial charge is 0.325 e. The van der Waals surface area contributed by atoms with E-state index in [1.807, 2.05) is 13.8 Å². The lowest BCUT2D eigenvalue weighted by Crippen LogP contribution is -2.41. The van der Waals surface area contributed by atoms with Crippen LogP contribution in [0.1, 0.15) is 31.5 Å². The van der Waals surface area contributed by atoms with Crippen molar-refractivity contribution < 1.29 is 35.9 Å². The molecule has 1 N–H and O–H groups in total. The van der Waals surface area contributed by atoms with Crippen LogP contribution in [0.2, 0.25) is 0 Å². The standard InChI is InChI=1S/C22H22F6N4O2/c1-13(2)8-17-11-31(16-6-7-18(29-10-16)22(26,27)28)20(34)32(17)12-19(33)30-15-5-3-4-14(9-15)21(23,24)25/h3-7,9-10,13,17H,8,11-12H2,1-2H3,(H,30,33). The molecule has 1 atom stereocenters. The minimum atomic E-state index is -4.62. The molecule has 2 aromatic rings. The molecule has 1 fully saturated rings. The molecule has 1 aromatic carbocycles. The number of alkyl halides is 6. The van der Waals surface area contributed by atoms with Crippen LogP contribution in [0.15, 0.2) is 42.6 Å². The Morgan fingerprint density at radius 2 is 1.82 bits per heavy atom. The van der Waals surface area contributed by atoms with E-state index in [4.69, 9.17) is 0 Å². The number of anilines is 2. The molecule has 1 saturated heterocycles. The zero-order valence-corrected chi connectivity index (χ0v) is 18.2. The summed E-state index contributed by atoms with van der Waals surface area (Å²) in [5.74, 6) is -0.564. The van der Waals surface area contributed by atoms with Crippen LogP contribution in [0, 0.1) is 5.92 Å². The van der Waals surface area contributed by atoms with Gasteiger partial charge in [0, 0.05) is 12.2 Å². The summed E-state index contributed by atoms with van der Waals surface area (Å²) >= 11 is 0. The van der Waals surface area contributed by atoms with Crippen molar-refractivity contribution in [3.63, 3.8) is 0 Å². The number of carbonyl (C=O) groups is 2. The Morgan fingerprint density at radius 1 is 1.12 bits per heavy atom. The molecule has 12 heteroatoms. The molecule has 6 nitrogen and oxygen atoms in total. The van der Waals surface area contributed by atoms with E-state index in [9.17, 15) is 35.9 Å². The number of nitrogens with zero attached hydrogens (tertiary/aromatic N) is 3. The number of rotatable bonds is 6. The van der Waals surface area contributed by atoms with Gasteiger partial charge in [-0.3, -0.25) is 9.69 Å². The molecule has 1 aliphatic heterocycles. The first-order valence-corrected chi connectivity index (χ1v) is 10.3. The molecule has 184 valence electrons. The van der Waals surface area contributed by atoms with E-state index >= 15 is 0 Å². The van der Waals surface area contributed by atoms with E-state index in [1.54, 1.807) is 0 Å². The molecule has 0 bridgehead atoms. The van der Waals surface area contributed by atoms with E-state index in [0.717, 1.165) is 36.5 Å². The van der Waals surface area contributed by atoms with Gasteiger partial charge < -0.3 is 10.2 Å². The van der Waals surface area contributed by atoms with Crippen LogP contribution in [0.3, 0.4) is 0 Å². The summed E-state index contributed by atoms with van der Waals surface area (Å²) in [7, 11) is 0. The van der Waals surface area contributed by atoms with Gasteiger partial charge in [-0.05, 0) is 42.7 Å². The van der Waals surface area contributed by atoms with Crippen molar-refractivity contribution in [1.29, 1.82) is 0 Å². The summed E-state index contributed by atoms with van der Waals surface area (Å²) in [4.78, 5) is 31.5. The lowest BCUT2D eigenvalue weighted by molar-refractivity contribution is -0.141. The van der Waals surface area contributed by atoms with E-state index in [1.165, 1.54) is 15.9 Å². The first-order chi connectivity index (χ1) is 15.8. The molecule has 2 heterocycles. The Bertz CT molecular complexity index is 1040. The van der Waals surface area contributed by atoms with Crippen LogP contribution < -0.4 is 10.2 Å². The van der Waals surface area contributed by atoms with Crippen LogP contribution in [0.4, 0.5) is 42.5 Å². The van der Waals surface area contributed by atoms with Gasteiger partial charge >= 0.3 is 18.4 Å². The molecule has 0 spiro atoms. The van der Waals surface area contributed by atoms with E-state index in [-0.39, 0.29) is 23.8 Å². The predicted octanol–water partition coefficient (Wildman–Crippen LogP) is 5.41. The molecular formula is C22H22F6N4O2. The first-order valence-electron chi connectivity index (χ1n) is 10.3. The fourth-order valence-corrected chi connectivity index (χ4v) is 3.70. The zero-order chi connectivity index (χ0) is 25.3. The van der Waals surface area contributed by atoms with Crippen molar-refractivity contribution in [2.45, 2.75) is 38.7 Å². The summed E-state index contributed by atoms with van der Waals surface area (Å²) in [6.45, 7) is 3.51. The lowest BCUT2D eigenvalue weighted by atomic mass is 10.0. The Balaban J connectivity index is 1.76. The minimum absolute atomic E-state index is 0.0734. The average Bonchev–Trinajstić information content (AvgIpc) is 3.02. The summed E-state index contributed by atoms with van der Waals surface area (Å²) in [5, 5.41) is 2.37. The van der Waals surface area contributed by atoms with Gasteiger partial charge in [0.2, 0.25) is 5.91 Å². The second kappa shape index (κ2) is 9.51.